The largest absolute Gasteiger partial charge is 0.310 e. The van der Waals surface area contributed by atoms with Crippen molar-refractivity contribution < 1.29 is 0 Å². The van der Waals surface area contributed by atoms with Gasteiger partial charge in [-0.3, -0.25) is 0 Å². The fourth-order valence-corrected chi connectivity index (χ4v) is 8.48. The number of benzene rings is 9. The summed E-state index contributed by atoms with van der Waals surface area (Å²) in [4.78, 5) is 2.40. The molecule has 0 radical (unpaired) electrons. The van der Waals surface area contributed by atoms with Crippen LogP contribution in [0.2, 0.25) is 0 Å². The van der Waals surface area contributed by atoms with Gasteiger partial charge in [0.15, 0.2) is 0 Å². The van der Waals surface area contributed by atoms with Gasteiger partial charge in [0.1, 0.15) is 0 Å². The Morgan fingerprint density at radius 1 is 0.302 bits per heavy atom. The summed E-state index contributed by atoms with van der Waals surface area (Å²) in [6, 6.07) is 65.0. The third-order valence-electron chi connectivity index (χ3n) is 10.5. The first kappa shape index (κ1) is 32.5. The van der Waals surface area contributed by atoms with E-state index < -0.39 is 0 Å². The van der Waals surface area contributed by atoms with Crippen LogP contribution < -0.4 is 4.90 Å². The van der Waals surface area contributed by atoms with Crippen LogP contribution in [0.5, 0.6) is 0 Å². The average molecular weight is 680 g/mol. The van der Waals surface area contributed by atoms with Gasteiger partial charge in [0.25, 0.3) is 0 Å². The van der Waals surface area contributed by atoms with Crippen LogP contribution in [0.25, 0.3) is 65.7 Å². The highest BCUT2D eigenvalue weighted by atomic mass is 15.1. The highest BCUT2D eigenvalue weighted by Gasteiger charge is 2.22. The normalized spacial score (nSPS) is 11.4. The van der Waals surface area contributed by atoms with Gasteiger partial charge in [-0.05, 0) is 158 Å². The first-order chi connectivity index (χ1) is 25.9. The number of hydrogen-bond donors (Lipinski definition) is 0. The Balaban J connectivity index is 1.36. The molecule has 0 heterocycles. The van der Waals surface area contributed by atoms with Crippen LogP contribution in [-0.4, -0.2) is 0 Å². The van der Waals surface area contributed by atoms with Crippen LogP contribution >= 0.6 is 0 Å². The van der Waals surface area contributed by atoms with Crippen molar-refractivity contribution in [1.29, 1.82) is 0 Å². The van der Waals surface area contributed by atoms with Crippen LogP contribution in [-0.2, 0) is 0 Å². The molecule has 0 fully saturated rings. The Bertz CT molecular complexity index is 2700. The molecule has 0 aliphatic carbocycles. The van der Waals surface area contributed by atoms with Gasteiger partial charge in [-0.15, -0.1) is 0 Å². The molecule has 254 valence electrons. The smallest absolute Gasteiger partial charge is 0.0466 e. The molecule has 0 unspecified atom stereocenters. The Morgan fingerprint density at radius 2 is 0.717 bits per heavy atom. The van der Waals surface area contributed by atoms with Crippen molar-refractivity contribution in [2.75, 3.05) is 4.90 Å². The molecular weight excluding hydrogens is 639 g/mol. The summed E-state index contributed by atoms with van der Waals surface area (Å²) >= 11 is 0. The van der Waals surface area contributed by atoms with E-state index in [1.54, 1.807) is 0 Å². The third-order valence-corrected chi connectivity index (χ3v) is 10.5. The summed E-state index contributed by atoms with van der Waals surface area (Å²) in [7, 11) is 0. The van der Waals surface area contributed by atoms with Gasteiger partial charge in [-0.2, -0.15) is 0 Å². The average Bonchev–Trinajstić information content (AvgIpc) is 3.18. The van der Waals surface area contributed by atoms with E-state index in [9.17, 15) is 0 Å². The van der Waals surface area contributed by atoms with Gasteiger partial charge in [-0.1, -0.05) is 133 Å². The zero-order chi connectivity index (χ0) is 36.1. The number of nitrogens with zero attached hydrogens (tertiary/aromatic N) is 1. The van der Waals surface area contributed by atoms with Crippen molar-refractivity contribution in [3.05, 3.63) is 198 Å². The summed E-state index contributed by atoms with van der Waals surface area (Å²) in [6.45, 7) is 8.73. The van der Waals surface area contributed by atoms with Crippen molar-refractivity contribution >= 4 is 49.4 Å². The van der Waals surface area contributed by atoms with Crippen LogP contribution in [0.3, 0.4) is 0 Å². The Kier molecular flexibility index (Phi) is 8.13. The monoisotopic (exact) mass is 679 g/mol. The van der Waals surface area contributed by atoms with Crippen molar-refractivity contribution in [1.82, 2.24) is 0 Å². The molecule has 9 aromatic carbocycles. The maximum atomic E-state index is 2.45. The fraction of sp³-hybridized carbons (Fsp3) is 0.0769. The summed E-state index contributed by atoms with van der Waals surface area (Å²) in [5.41, 5.74) is 15.8. The van der Waals surface area contributed by atoms with E-state index in [-0.39, 0.29) is 0 Å². The minimum absolute atomic E-state index is 1.13. The molecule has 0 aliphatic heterocycles. The highest BCUT2D eigenvalue weighted by Crippen LogP contribution is 2.49. The number of aryl methyl sites for hydroxylation is 4. The van der Waals surface area contributed by atoms with E-state index in [0.29, 0.717) is 0 Å². The van der Waals surface area contributed by atoms with Crippen molar-refractivity contribution in [3.8, 4) is 33.4 Å². The van der Waals surface area contributed by atoms with E-state index in [4.69, 9.17) is 0 Å². The number of hydrogen-bond acceptors (Lipinski definition) is 1. The molecule has 9 rings (SSSR count). The van der Waals surface area contributed by atoms with Gasteiger partial charge >= 0.3 is 0 Å². The molecule has 9 aromatic rings. The molecule has 0 aliphatic rings. The van der Waals surface area contributed by atoms with E-state index in [1.165, 1.54) is 99.3 Å². The maximum Gasteiger partial charge on any atom is 0.0466 e. The molecule has 1 nitrogen and oxygen atoms in total. The van der Waals surface area contributed by atoms with Gasteiger partial charge in [0, 0.05) is 17.1 Å². The Hall–Kier alpha value is -6.44. The Labute approximate surface area is 312 Å². The minimum atomic E-state index is 1.13. The SMILES string of the molecule is Cc1cc(C)cc(N(c2ccc(-c3cc(-c4ccccc4)c(-c4ccccc4)c4c5ccccc5c5ccccc5c34)cc2)c2cc(C)cc(C)c2)c1. The quantitative estimate of drug-likeness (QED) is 0.158. The van der Waals surface area contributed by atoms with Crippen LogP contribution in [0.15, 0.2) is 176 Å². The lowest BCUT2D eigenvalue weighted by Gasteiger charge is -2.27. The van der Waals surface area contributed by atoms with Crippen molar-refractivity contribution in [3.63, 3.8) is 0 Å². The zero-order valence-electron chi connectivity index (χ0n) is 30.7. The molecule has 0 bridgehead atoms. The first-order valence-corrected chi connectivity index (χ1v) is 18.5. The zero-order valence-corrected chi connectivity index (χ0v) is 30.7. The molecule has 0 amide bonds. The number of fused-ring (bicyclic) bond motifs is 6. The molecule has 0 atom stereocenters. The third kappa shape index (κ3) is 5.85. The van der Waals surface area contributed by atoms with Gasteiger partial charge in [0.05, 0.1) is 0 Å². The maximum absolute atomic E-state index is 2.45. The first-order valence-electron chi connectivity index (χ1n) is 18.5. The van der Waals surface area contributed by atoms with Crippen molar-refractivity contribution in [2.24, 2.45) is 0 Å². The summed E-state index contributed by atoms with van der Waals surface area (Å²) < 4.78 is 0. The molecule has 53 heavy (non-hydrogen) atoms. The predicted molar refractivity (Wildman–Crippen MR) is 229 cm³/mol. The lowest BCUT2D eigenvalue weighted by atomic mass is 9.81. The number of rotatable bonds is 6. The molecular formula is C52H41N. The molecule has 0 aromatic heterocycles. The van der Waals surface area contributed by atoms with Crippen molar-refractivity contribution in [2.45, 2.75) is 27.7 Å². The van der Waals surface area contributed by atoms with E-state index in [1.807, 2.05) is 0 Å². The lowest BCUT2D eigenvalue weighted by Crippen LogP contribution is -2.11. The molecule has 0 spiro atoms. The summed E-state index contributed by atoms with van der Waals surface area (Å²) in [6.07, 6.45) is 0. The molecule has 0 N–H and O–H groups in total. The van der Waals surface area contributed by atoms with Crippen LogP contribution in [0, 0.1) is 27.7 Å². The van der Waals surface area contributed by atoms with Gasteiger partial charge < -0.3 is 4.90 Å². The standard InChI is InChI=1S/C52H41N/c1-34-27-35(2)30-42(29-34)53(43-31-36(3)28-37(4)32-43)41-25-23-39(24-26-41)49-33-48(38-15-7-5-8-16-38)50(40-17-9-6-10-18-40)52-47-22-14-12-20-45(47)44-19-11-13-21-46(44)51(49)52/h5-33H,1-4H3. The number of anilines is 3. The summed E-state index contributed by atoms with van der Waals surface area (Å²) in [5, 5.41) is 7.66. The van der Waals surface area contributed by atoms with Crippen LogP contribution in [0.4, 0.5) is 17.1 Å². The van der Waals surface area contributed by atoms with E-state index in [0.717, 1.165) is 5.69 Å². The fourth-order valence-electron chi connectivity index (χ4n) is 8.48. The second-order valence-corrected chi connectivity index (χ2v) is 14.5. The lowest BCUT2D eigenvalue weighted by molar-refractivity contribution is 1.23. The summed E-state index contributed by atoms with van der Waals surface area (Å²) in [5.74, 6) is 0. The second-order valence-electron chi connectivity index (χ2n) is 14.5. The Morgan fingerprint density at radius 3 is 1.23 bits per heavy atom. The topological polar surface area (TPSA) is 3.24 Å². The van der Waals surface area contributed by atoms with Crippen LogP contribution in [0.1, 0.15) is 22.3 Å². The molecule has 0 saturated carbocycles. The molecule has 0 saturated heterocycles. The second kappa shape index (κ2) is 13.3. The molecule has 1 heteroatoms. The van der Waals surface area contributed by atoms with E-state index in [2.05, 4.69) is 209 Å². The minimum Gasteiger partial charge on any atom is -0.310 e. The predicted octanol–water partition coefficient (Wildman–Crippen LogP) is 14.9. The van der Waals surface area contributed by atoms with E-state index >= 15 is 0 Å². The van der Waals surface area contributed by atoms with Gasteiger partial charge in [-0.25, -0.2) is 0 Å². The van der Waals surface area contributed by atoms with Gasteiger partial charge in [0.2, 0.25) is 0 Å². The highest BCUT2D eigenvalue weighted by molar-refractivity contribution is 6.32.